The molecule has 2 aliphatic carbocycles. The van der Waals surface area contributed by atoms with Gasteiger partial charge in [-0.1, -0.05) is 30.3 Å². The summed E-state index contributed by atoms with van der Waals surface area (Å²) < 4.78 is 0. The first-order chi connectivity index (χ1) is 9.75. The molecular formula is C18H20O2. The van der Waals surface area contributed by atoms with Crippen LogP contribution in [0.5, 0.6) is 0 Å². The molecule has 1 aromatic carbocycles. The van der Waals surface area contributed by atoms with Gasteiger partial charge in [0, 0.05) is 17.9 Å². The van der Waals surface area contributed by atoms with Crippen molar-refractivity contribution in [3.63, 3.8) is 0 Å². The van der Waals surface area contributed by atoms with E-state index in [1.807, 2.05) is 24.3 Å². The summed E-state index contributed by atoms with van der Waals surface area (Å²) in [7, 11) is 0. The maximum Gasteiger partial charge on any atom is 0.166 e. The molecule has 1 unspecified atom stereocenters. The second-order valence-electron chi connectivity index (χ2n) is 5.86. The van der Waals surface area contributed by atoms with Gasteiger partial charge in [-0.3, -0.25) is 9.59 Å². The Morgan fingerprint density at radius 3 is 2.80 bits per heavy atom. The minimum Gasteiger partial charge on any atom is -0.295 e. The van der Waals surface area contributed by atoms with Gasteiger partial charge >= 0.3 is 0 Å². The minimum absolute atomic E-state index is 0.111. The quantitative estimate of drug-likeness (QED) is 0.833. The molecule has 0 aromatic heterocycles. The zero-order chi connectivity index (χ0) is 13.9. The number of hydrogen-bond donors (Lipinski definition) is 0. The van der Waals surface area contributed by atoms with Gasteiger partial charge in [0.2, 0.25) is 0 Å². The zero-order valence-corrected chi connectivity index (χ0v) is 11.7. The summed E-state index contributed by atoms with van der Waals surface area (Å²) in [6.45, 7) is 0. The van der Waals surface area contributed by atoms with E-state index in [1.54, 1.807) is 0 Å². The van der Waals surface area contributed by atoms with Crippen LogP contribution in [0.1, 0.15) is 54.4 Å². The number of hydrogen-bond acceptors (Lipinski definition) is 2. The van der Waals surface area contributed by atoms with E-state index in [9.17, 15) is 9.59 Å². The third kappa shape index (κ3) is 2.60. The highest BCUT2D eigenvalue weighted by Crippen LogP contribution is 2.29. The smallest absolute Gasteiger partial charge is 0.166 e. The van der Waals surface area contributed by atoms with Crippen molar-refractivity contribution in [2.24, 2.45) is 5.92 Å². The highest BCUT2D eigenvalue weighted by atomic mass is 16.1. The summed E-state index contributed by atoms with van der Waals surface area (Å²) in [5, 5.41) is 0. The van der Waals surface area contributed by atoms with E-state index in [2.05, 4.69) is 6.08 Å². The number of fused-ring (bicyclic) bond motifs is 1. The standard InChI is InChI=1S/C18H20O2/c19-17(14-7-2-1-3-8-14)12-15-11-10-13-6-4-5-9-16(13)18(15)20/h4-7,9,15H,1-3,8,10-12H2. The van der Waals surface area contributed by atoms with Gasteiger partial charge < -0.3 is 0 Å². The maximum absolute atomic E-state index is 12.5. The maximum atomic E-state index is 12.5. The highest BCUT2D eigenvalue weighted by Gasteiger charge is 2.29. The predicted molar refractivity (Wildman–Crippen MR) is 78.8 cm³/mol. The number of rotatable bonds is 3. The van der Waals surface area contributed by atoms with Gasteiger partial charge in [-0.05, 0) is 49.7 Å². The van der Waals surface area contributed by atoms with E-state index in [1.165, 1.54) is 6.42 Å². The molecule has 20 heavy (non-hydrogen) atoms. The van der Waals surface area contributed by atoms with Crippen LogP contribution in [0.25, 0.3) is 0 Å². The monoisotopic (exact) mass is 268 g/mol. The lowest BCUT2D eigenvalue weighted by molar-refractivity contribution is -0.116. The number of allylic oxidation sites excluding steroid dienone is 2. The molecular weight excluding hydrogens is 248 g/mol. The SMILES string of the molecule is O=C(CC1CCc2ccccc2C1=O)C1=CCCCC1. The molecule has 0 bridgehead atoms. The molecule has 0 saturated carbocycles. The van der Waals surface area contributed by atoms with Crippen LogP contribution in [0.15, 0.2) is 35.9 Å². The van der Waals surface area contributed by atoms with E-state index < -0.39 is 0 Å². The van der Waals surface area contributed by atoms with Gasteiger partial charge in [-0.2, -0.15) is 0 Å². The number of benzene rings is 1. The summed E-state index contributed by atoms with van der Waals surface area (Å²) in [4.78, 5) is 24.8. The van der Waals surface area contributed by atoms with Crippen molar-refractivity contribution in [2.45, 2.75) is 44.9 Å². The molecule has 0 aliphatic heterocycles. The molecule has 1 aromatic rings. The third-order valence-electron chi connectivity index (χ3n) is 4.50. The van der Waals surface area contributed by atoms with Gasteiger partial charge in [0.15, 0.2) is 11.6 Å². The molecule has 0 spiro atoms. The summed E-state index contributed by atoms with van der Waals surface area (Å²) >= 11 is 0. The van der Waals surface area contributed by atoms with Crippen molar-refractivity contribution >= 4 is 11.6 Å². The van der Waals surface area contributed by atoms with Gasteiger partial charge in [0.25, 0.3) is 0 Å². The lowest BCUT2D eigenvalue weighted by atomic mass is 9.79. The first-order valence-corrected chi connectivity index (χ1v) is 7.60. The molecule has 0 saturated heterocycles. The molecule has 2 nitrogen and oxygen atoms in total. The van der Waals surface area contributed by atoms with E-state index in [-0.39, 0.29) is 17.5 Å². The van der Waals surface area contributed by atoms with Crippen LogP contribution < -0.4 is 0 Å². The van der Waals surface area contributed by atoms with Crippen LogP contribution in [-0.2, 0) is 11.2 Å². The van der Waals surface area contributed by atoms with Crippen molar-refractivity contribution in [2.75, 3.05) is 0 Å². The van der Waals surface area contributed by atoms with Crippen LogP contribution in [0.2, 0.25) is 0 Å². The fourth-order valence-electron chi connectivity index (χ4n) is 3.30. The molecule has 3 rings (SSSR count). The lowest BCUT2D eigenvalue weighted by Gasteiger charge is -2.23. The molecule has 1 atom stereocenters. The Kier molecular flexibility index (Phi) is 3.81. The van der Waals surface area contributed by atoms with Crippen molar-refractivity contribution in [1.82, 2.24) is 0 Å². The third-order valence-corrected chi connectivity index (χ3v) is 4.50. The van der Waals surface area contributed by atoms with E-state index in [0.717, 1.165) is 48.8 Å². The molecule has 2 aliphatic rings. The van der Waals surface area contributed by atoms with Crippen molar-refractivity contribution in [3.05, 3.63) is 47.0 Å². The topological polar surface area (TPSA) is 34.1 Å². The first-order valence-electron chi connectivity index (χ1n) is 7.60. The fraction of sp³-hybridized carbons (Fsp3) is 0.444. The first kappa shape index (κ1) is 13.3. The minimum atomic E-state index is -0.111. The van der Waals surface area contributed by atoms with Crippen LogP contribution in [0.3, 0.4) is 0 Å². The normalized spacial score (nSPS) is 22.1. The molecule has 0 fully saturated rings. The Balaban J connectivity index is 1.72. The van der Waals surface area contributed by atoms with E-state index >= 15 is 0 Å². The molecule has 0 amide bonds. The zero-order valence-electron chi connectivity index (χ0n) is 11.7. The van der Waals surface area contributed by atoms with Crippen LogP contribution >= 0.6 is 0 Å². The number of carbonyl (C=O) groups is 2. The predicted octanol–water partition coefficient (Wildman–Crippen LogP) is 3.89. The lowest BCUT2D eigenvalue weighted by Crippen LogP contribution is -2.25. The van der Waals surface area contributed by atoms with Crippen LogP contribution in [0.4, 0.5) is 0 Å². The largest absolute Gasteiger partial charge is 0.295 e. The number of carbonyl (C=O) groups excluding carboxylic acids is 2. The average molecular weight is 268 g/mol. The Morgan fingerprint density at radius 2 is 2.00 bits per heavy atom. The van der Waals surface area contributed by atoms with E-state index in [0.29, 0.717) is 6.42 Å². The highest BCUT2D eigenvalue weighted by molar-refractivity contribution is 6.04. The summed E-state index contributed by atoms with van der Waals surface area (Å²) in [5.74, 6) is 0.249. The van der Waals surface area contributed by atoms with Crippen molar-refractivity contribution < 1.29 is 9.59 Å². The summed E-state index contributed by atoms with van der Waals surface area (Å²) in [6.07, 6.45) is 8.42. The Bertz CT molecular complexity index is 569. The average Bonchev–Trinajstić information content (AvgIpc) is 2.51. The number of ketones is 2. The molecule has 0 heterocycles. The number of aryl methyl sites for hydroxylation is 1. The van der Waals surface area contributed by atoms with Gasteiger partial charge in [0.05, 0.1) is 0 Å². The molecule has 2 heteroatoms. The van der Waals surface area contributed by atoms with Gasteiger partial charge in [-0.15, -0.1) is 0 Å². The van der Waals surface area contributed by atoms with Crippen LogP contribution in [-0.4, -0.2) is 11.6 Å². The Labute approximate surface area is 119 Å². The van der Waals surface area contributed by atoms with Gasteiger partial charge in [-0.25, -0.2) is 0 Å². The Hall–Kier alpha value is -1.70. The second kappa shape index (κ2) is 5.74. The van der Waals surface area contributed by atoms with Crippen LogP contribution in [0, 0.1) is 5.92 Å². The summed E-state index contributed by atoms with van der Waals surface area (Å²) in [5.41, 5.74) is 2.93. The molecule has 0 radical (unpaired) electrons. The second-order valence-corrected chi connectivity index (χ2v) is 5.86. The van der Waals surface area contributed by atoms with E-state index in [4.69, 9.17) is 0 Å². The fourth-order valence-corrected chi connectivity index (χ4v) is 3.30. The Morgan fingerprint density at radius 1 is 1.15 bits per heavy atom. The molecule has 104 valence electrons. The van der Waals surface area contributed by atoms with Crippen molar-refractivity contribution in [3.8, 4) is 0 Å². The molecule has 0 N–H and O–H groups in total. The van der Waals surface area contributed by atoms with Gasteiger partial charge in [0.1, 0.15) is 0 Å². The number of Topliss-reactive ketones (excluding diaryl/α,β-unsaturated/α-hetero) is 2. The van der Waals surface area contributed by atoms with Crippen molar-refractivity contribution in [1.29, 1.82) is 0 Å². The summed E-state index contributed by atoms with van der Waals surface area (Å²) in [6, 6.07) is 7.80.